The van der Waals surface area contributed by atoms with Crippen LogP contribution in [0.5, 0.6) is 0 Å². The zero-order valence-electron chi connectivity index (χ0n) is 34.5. The van der Waals surface area contributed by atoms with Crippen molar-refractivity contribution >= 4 is 45.5 Å². The molecule has 1 atom stereocenters. The van der Waals surface area contributed by atoms with Gasteiger partial charge < -0.3 is 20.2 Å². The zero-order chi connectivity index (χ0) is 41.5. The number of hydrogen-bond acceptors (Lipinski definition) is 10. The fraction of sp³-hybridized carbons (Fsp3) is 0.478. The number of carbonyl (C=O) groups excluding carboxylic acids is 3. The molecule has 0 unspecified atom stereocenters. The van der Waals surface area contributed by atoms with E-state index in [1.165, 1.54) is 29.2 Å². The number of aliphatic hydroxyl groups is 1. The first-order valence-corrected chi connectivity index (χ1v) is 21.6. The molecule has 3 aliphatic heterocycles. The monoisotopic (exact) mass is 810 g/mol. The molecule has 1 saturated carbocycles. The molecule has 0 spiro atoms. The predicted molar refractivity (Wildman–Crippen MR) is 229 cm³/mol. The van der Waals surface area contributed by atoms with Crippen LogP contribution in [0.1, 0.15) is 104 Å². The van der Waals surface area contributed by atoms with E-state index in [0.717, 1.165) is 88.0 Å². The number of rotatable bonds is 9. The quantitative estimate of drug-likeness (QED) is 0.160. The number of hydrogen-bond donors (Lipinski definition) is 3. The number of nitrogens with one attached hydrogen (secondary N) is 2. The van der Waals surface area contributed by atoms with Crippen molar-refractivity contribution in [3.8, 4) is 6.07 Å². The van der Waals surface area contributed by atoms with Crippen LogP contribution in [-0.2, 0) is 15.2 Å². The highest BCUT2D eigenvalue weighted by atomic mass is 16.3. The van der Waals surface area contributed by atoms with Gasteiger partial charge in [0.05, 0.1) is 40.4 Å². The highest BCUT2D eigenvalue weighted by molar-refractivity contribution is 6.05. The van der Waals surface area contributed by atoms with Crippen LogP contribution < -0.4 is 15.5 Å². The molecular formula is C46H54N10O4. The summed E-state index contributed by atoms with van der Waals surface area (Å²) in [5.74, 6) is -0.280. The van der Waals surface area contributed by atoms with Crippen molar-refractivity contribution in [2.75, 3.05) is 56.0 Å². The lowest BCUT2D eigenvalue weighted by atomic mass is 9.89. The number of nitriles is 1. The largest absolute Gasteiger partial charge is 0.386 e. The molecule has 3 N–H and O–H groups in total. The van der Waals surface area contributed by atoms with Crippen LogP contribution in [-0.4, -0.2) is 104 Å². The number of aromatic nitrogens is 4. The van der Waals surface area contributed by atoms with E-state index in [1.807, 2.05) is 24.3 Å². The Balaban J connectivity index is 0.759. The van der Waals surface area contributed by atoms with Crippen molar-refractivity contribution in [2.45, 2.75) is 88.8 Å². The van der Waals surface area contributed by atoms with Crippen LogP contribution in [0, 0.1) is 17.2 Å². The number of carbonyl (C=O) groups is 3. The van der Waals surface area contributed by atoms with Crippen LogP contribution in [0.2, 0.25) is 0 Å². The van der Waals surface area contributed by atoms with E-state index >= 15 is 0 Å². The maximum Gasteiger partial charge on any atom is 0.274 e. The van der Waals surface area contributed by atoms with E-state index in [4.69, 9.17) is 5.10 Å². The van der Waals surface area contributed by atoms with Gasteiger partial charge in [-0.1, -0.05) is 12.1 Å². The van der Waals surface area contributed by atoms with Gasteiger partial charge in [-0.15, -0.1) is 0 Å². The summed E-state index contributed by atoms with van der Waals surface area (Å²) >= 11 is 0. The third kappa shape index (κ3) is 8.26. The van der Waals surface area contributed by atoms with Gasteiger partial charge in [-0.3, -0.25) is 29.3 Å². The van der Waals surface area contributed by atoms with E-state index in [-0.39, 0.29) is 23.6 Å². The van der Waals surface area contributed by atoms with Crippen LogP contribution in [0.15, 0.2) is 67.0 Å². The number of nitrogens with zero attached hydrogens (tertiary/aromatic N) is 8. The molecule has 4 fully saturated rings. The first kappa shape index (κ1) is 39.8. The molecule has 60 heavy (non-hydrogen) atoms. The fourth-order valence-corrected chi connectivity index (χ4v) is 9.99. The van der Waals surface area contributed by atoms with Crippen LogP contribution >= 0.6 is 0 Å². The normalized spacial score (nSPS) is 22.6. The molecule has 3 amide bonds. The lowest BCUT2D eigenvalue weighted by Crippen LogP contribution is -2.52. The standard InChI is InChI=1S/C46H54N10O4/c1-46(2,60)39-25-40-33(24-41(39)49-45(59)42-12-10-37-22-31(26-47)27-48-56(37)42)29-55(51-40)35-8-6-34(7-9-35)54-20-18-52(19-21-54)28-30-14-16-53(17-15-30)36-5-3-4-32(23-36)38-11-13-43(57)50-44(38)58/h3-5,10,12,22-25,27,29-30,34-35,38,60H,6-9,11,13-21,28H2,1-2H3,(H,49,59)(H,50,57,58)/t34?,35?,38-/m1/s1. The minimum Gasteiger partial charge on any atom is -0.386 e. The van der Waals surface area contributed by atoms with Gasteiger partial charge in [-0.2, -0.15) is 15.5 Å². The maximum absolute atomic E-state index is 13.5. The van der Waals surface area contributed by atoms with E-state index < -0.39 is 5.60 Å². The second kappa shape index (κ2) is 16.4. The Morgan fingerprint density at radius 2 is 1.70 bits per heavy atom. The lowest BCUT2D eigenvalue weighted by molar-refractivity contribution is -0.134. The van der Waals surface area contributed by atoms with Gasteiger partial charge in [0, 0.05) is 86.8 Å². The molecule has 0 bridgehead atoms. The number of benzene rings is 2. The summed E-state index contributed by atoms with van der Waals surface area (Å²) < 4.78 is 3.60. The lowest BCUT2D eigenvalue weighted by Gasteiger charge is -2.43. The zero-order valence-corrected chi connectivity index (χ0v) is 34.5. The van der Waals surface area contributed by atoms with Crippen molar-refractivity contribution in [1.82, 2.24) is 34.5 Å². The van der Waals surface area contributed by atoms with E-state index in [0.29, 0.717) is 58.9 Å². The van der Waals surface area contributed by atoms with Crippen LogP contribution in [0.25, 0.3) is 16.4 Å². The van der Waals surface area contributed by atoms with Crippen molar-refractivity contribution in [1.29, 1.82) is 5.26 Å². The van der Waals surface area contributed by atoms with Crippen molar-refractivity contribution in [3.63, 3.8) is 0 Å². The first-order chi connectivity index (χ1) is 29.0. The Bertz CT molecular complexity index is 2450. The SMILES string of the molecule is CC(C)(O)c1cc2nn(C3CCC(N4CCN(CC5CCN(c6cccc([C@H]7CCC(=O)NC7=O)c6)CC5)CC4)CC3)cc2cc1NC(=O)c1ccc2cc(C#N)cnn12. The third-order valence-electron chi connectivity index (χ3n) is 13.4. The molecule has 5 aromatic rings. The van der Waals surface area contributed by atoms with Gasteiger partial charge in [-0.05, 0) is 113 Å². The number of imide groups is 1. The van der Waals surface area contributed by atoms with Gasteiger partial charge in [0.1, 0.15) is 11.8 Å². The number of piperidine rings is 2. The molecule has 4 aliphatic rings. The molecule has 1 aliphatic carbocycles. The van der Waals surface area contributed by atoms with Crippen molar-refractivity contribution in [2.24, 2.45) is 5.92 Å². The average Bonchev–Trinajstić information content (AvgIpc) is 3.88. The molecule has 9 rings (SSSR count). The Morgan fingerprint density at radius 3 is 2.43 bits per heavy atom. The molecule has 6 heterocycles. The second-order valence-corrected chi connectivity index (χ2v) is 17.8. The van der Waals surface area contributed by atoms with Gasteiger partial charge in [0.15, 0.2) is 0 Å². The molecule has 3 aromatic heterocycles. The van der Waals surface area contributed by atoms with Crippen molar-refractivity contribution in [3.05, 3.63) is 89.4 Å². The number of piperazine rings is 1. The van der Waals surface area contributed by atoms with Gasteiger partial charge in [-0.25, -0.2) is 4.52 Å². The van der Waals surface area contributed by atoms with E-state index in [2.05, 4.69) is 59.5 Å². The van der Waals surface area contributed by atoms with Crippen LogP contribution in [0.3, 0.4) is 0 Å². The molecule has 0 radical (unpaired) electrons. The summed E-state index contributed by atoms with van der Waals surface area (Å²) in [5, 5.41) is 36.1. The maximum atomic E-state index is 13.5. The molecule has 14 heteroatoms. The molecular weight excluding hydrogens is 757 g/mol. The smallest absolute Gasteiger partial charge is 0.274 e. The second-order valence-electron chi connectivity index (χ2n) is 17.8. The molecule has 3 saturated heterocycles. The third-order valence-corrected chi connectivity index (χ3v) is 13.4. The van der Waals surface area contributed by atoms with Gasteiger partial charge >= 0.3 is 0 Å². The number of fused-ring (bicyclic) bond motifs is 2. The first-order valence-electron chi connectivity index (χ1n) is 21.6. The Kier molecular flexibility index (Phi) is 10.9. The van der Waals surface area contributed by atoms with Crippen LogP contribution in [0.4, 0.5) is 11.4 Å². The Hall–Kier alpha value is -5.62. The van der Waals surface area contributed by atoms with E-state index in [1.54, 1.807) is 32.0 Å². The van der Waals surface area contributed by atoms with Gasteiger partial charge in [0.2, 0.25) is 11.8 Å². The summed E-state index contributed by atoms with van der Waals surface area (Å²) in [7, 11) is 0. The fourth-order valence-electron chi connectivity index (χ4n) is 9.99. The highest BCUT2D eigenvalue weighted by Crippen LogP contribution is 2.36. The van der Waals surface area contributed by atoms with Crippen molar-refractivity contribution < 1.29 is 19.5 Å². The topological polar surface area (TPSA) is 164 Å². The Morgan fingerprint density at radius 1 is 0.933 bits per heavy atom. The summed E-state index contributed by atoms with van der Waals surface area (Å²) in [4.78, 5) is 45.5. The molecule has 2 aromatic carbocycles. The minimum absolute atomic E-state index is 0.175. The number of anilines is 2. The minimum atomic E-state index is -1.23. The molecule has 312 valence electrons. The number of amides is 3. The average molecular weight is 811 g/mol. The summed E-state index contributed by atoms with van der Waals surface area (Å²) in [6, 6.07) is 20.2. The predicted octanol–water partition coefficient (Wildman–Crippen LogP) is 5.57. The summed E-state index contributed by atoms with van der Waals surface area (Å²) in [6.45, 7) is 11.1. The molecule has 14 nitrogen and oxygen atoms in total. The summed E-state index contributed by atoms with van der Waals surface area (Å²) in [5.41, 5.74) is 4.23. The summed E-state index contributed by atoms with van der Waals surface area (Å²) in [6.07, 6.45) is 11.2. The highest BCUT2D eigenvalue weighted by Gasteiger charge is 2.32. The van der Waals surface area contributed by atoms with Gasteiger partial charge in [0.25, 0.3) is 5.91 Å². The van der Waals surface area contributed by atoms with E-state index in [9.17, 15) is 24.8 Å². The Labute approximate surface area is 350 Å².